The molecule has 32 heavy (non-hydrogen) atoms. The molecule has 0 bridgehead atoms. The van der Waals surface area contributed by atoms with Crippen LogP contribution < -0.4 is 10.6 Å². The minimum absolute atomic E-state index is 0.108. The number of Topliss-reactive ketones (excluding diaryl/α,β-unsaturated/α-hetero) is 1. The zero-order chi connectivity index (χ0) is 23.6. The molecule has 0 unspecified atom stereocenters. The van der Waals surface area contributed by atoms with E-state index in [0.717, 1.165) is 19.3 Å². The molecule has 1 aliphatic heterocycles. The molecule has 1 fully saturated rings. The number of benzene rings is 1. The van der Waals surface area contributed by atoms with Gasteiger partial charge in [0.2, 0.25) is 11.8 Å². The molecule has 8 nitrogen and oxygen atoms in total. The number of hydrogen-bond acceptors (Lipinski definition) is 6. The number of carbonyl (C=O) groups is 3. The van der Waals surface area contributed by atoms with Crippen LogP contribution in [0.1, 0.15) is 51.5 Å². The predicted molar refractivity (Wildman–Crippen MR) is 120 cm³/mol. The van der Waals surface area contributed by atoms with E-state index in [2.05, 4.69) is 22.8 Å². The number of ketones is 1. The number of unbranched alkanes of at least 4 members (excludes halogenated alkanes) is 2. The van der Waals surface area contributed by atoms with Gasteiger partial charge in [-0.2, -0.15) is 0 Å². The molecule has 2 amide bonds. The Labute approximate surface area is 189 Å². The van der Waals surface area contributed by atoms with Gasteiger partial charge in [0.05, 0.1) is 25.9 Å². The highest BCUT2D eigenvalue weighted by atomic mass is 16.6. The second-order valence-corrected chi connectivity index (χ2v) is 8.84. The molecule has 1 aromatic rings. The van der Waals surface area contributed by atoms with Crippen LogP contribution in [0.2, 0.25) is 0 Å². The highest BCUT2D eigenvalue weighted by Crippen LogP contribution is 2.30. The maximum Gasteiger partial charge on any atom is 0.245 e. The number of aliphatic hydroxyl groups excluding tert-OH is 2. The Kier molecular flexibility index (Phi) is 10.3. The van der Waals surface area contributed by atoms with Gasteiger partial charge >= 0.3 is 0 Å². The highest BCUT2D eigenvalue weighted by Gasteiger charge is 2.54. The van der Waals surface area contributed by atoms with Gasteiger partial charge < -0.3 is 25.6 Å². The lowest BCUT2D eigenvalue weighted by molar-refractivity contribution is -0.134. The van der Waals surface area contributed by atoms with Crippen molar-refractivity contribution >= 4 is 17.6 Å². The first-order valence-electron chi connectivity index (χ1n) is 11.3. The topological polar surface area (TPSA) is 128 Å². The van der Waals surface area contributed by atoms with E-state index in [1.54, 1.807) is 0 Å². The van der Waals surface area contributed by atoms with Crippen molar-refractivity contribution in [1.82, 2.24) is 10.6 Å². The summed E-state index contributed by atoms with van der Waals surface area (Å²) in [5.74, 6) is -1.22. The van der Waals surface area contributed by atoms with E-state index in [1.807, 2.05) is 32.0 Å². The first kappa shape index (κ1) is 26.0. The van der Waals surface area contributed by atoms with Gasteiger partial charge in [-0.1, -0.05) is 50.6 Å². The number of hydrogen-bond donors (Lipinski definition) is 4. The summed E-state index contributed by atoms with van der Waals surface area (Å²) in [5, 5.41) is 24.2. The zero-order valence-electron chi connectivity index (χ0n) is 19.0. The van der Waals surface area contributed by atoms with Gasteiger partial charge in [0.1, 0.15) is 6.04 Å². The van der Waals surface area contributed by atoms with E-state index >= 15 is 0 Å². The van der Waals surface area contributed by atoms with Crippen LogP contribution in [0.3, 0.4) is 0 Å². The quantitative estimate of drug-likeness (QED) is 0.235. The molecule has 1 aliphatic rings. The SMILES string of the molecule is CC(C)C[C@H](NC(=O)[C@H](CO)NC(=O)CCCCCc1ccccc1)C(=O)[C@@]1(CO)CO1. The van der Waals surface area contributed by atoms with Crippen LogP contribution in [-0.2, 0) is 25.5 Å². The molecule has 8 heteroatoms. The van der Waals surface area contributed by atoms with E-state index in [-0.39, 0.29) is 30.6 Å². The van der Waals surface area contributed by atoms with Crippen molar-refractivity contribution in [3.05, 3.63) is 35.9 Å². The van der Waals surface area contributed by atoms with Crippen LogP contribution >= 0.6 is 0 Å². The van der Waals surface area contributed by atoms with Gasteiger partial charge in [-0.15, -0.1) is 0 Å². The summed E-state index contributed by atoms with van der Waals surface area (Å²) >= 11 is 0. The van der Waals surface area contributed by atoms with Crippen molar-refractivity contribution in [3.8, 4) is 0 Å². The van der Waals surface area contributed by atoms with Gasteiger partial charge in [0.25, 0.3) is 0 Å². The molecular weight excluding hydrogens is 412 g/mol. The van der Waals surface area contributed by atoms with Crippen LogP contribution in [0.4, 0.5) is 0 Å². The molecule has 0 saturated carbocycles. The number of nitrogens with one attached hydrogen (secondary N) is 2. The Hall–Kier alpha value is -2.29. The van der Waals surface area contributed by atoms with Gasteiger partial charge in [-0.25, -0.2) is 0 Å². The summed E-state index contributed by atoms with van der Waals surface area (Å²) in [5.41, 5.74) is 0.0175. The summed E-state index contributed by atoms with van der Waals surface area (Å²) in [4.78, 5) is 37.6. The average Bonchev–Trinajstić information content (AvgIpc) is 3.58. The lowest BCUT2D eigenvalue weighted by Crippen LogP contribution is -2.55. The highest BCUT2D eigenvalue weighted by molar-refractivity contribution is 5.98. The largest absolute Gasteiger partial charge is 0.394 e. The molecule has 3 atom stereocenters. The first-order valence-corrected chi connectivity index (χ1v) is 11.3. The molecule has 1 aromatic carbocycles. The van der Waals surface area contributed by atoms with E-state index < -0.39 is 36.8 Å². The maximum absolute atomic E-state index is 12.7. The minimum atomic E-state index is -1.25. The number of epoxide rings is 1. The monoisotopic (exact) mass is 448 g/mol. The van der Waals surface area contributed by atoms with Crippen LogP contribution in [0.25, 0.3) is 0 Å². The van der Waals surface area contributed by atoms with E-state index in [4.69, 9.17) is 4.74 Å². The standard InChI is InChI=1S/C24H36N2O6/c1-17(2)13-19(22(30)24(15-28)16-32-24)26-23(31)20(14-27)25-21(29)12-8-4-7-11-18-9-5-3-6-10-18/h3,5-6,9-10,17,19-20,27-28H,4,7-8,11-16H2,1-2H3,(H,25,29)(H,26,31)/t19-,20-,24+/m0/s1. The predicted octanol–water partition coefficient (Wildman–Crippen LogP) is 1.13. The second-order valence-electron chi connectivity index (χ2n) is 8.84. The van der Waals surface area contributed by atoms with Crippen molar-refractivity contribution < 1.29 is 29.3 Å². The van der Waals surface area contributed by atoms with E-state index in [9.17, 15) is 24.6 Å². The number of aryl methyl sites for hydroxylation is 1. The third-order valence-electron chi connectivity index (χ3n) is 5.58. The van der Waals surface area contributed by atoms with E-state index in [1.165, 1.54) is 5.56 Å². The molecule has 0 radical (unpaired) electrons. The van der Waals surface area contributed by atoms with Crippen LogP contribution in [-0.4, -0.2) is 65.3 Å². The summed E-state index contributed by atoms with van der Waals surface area (Å²) in [6.07, 6.45) is 4.11. The smallest absolute Gasteiger partial charge is 0.245 e. The lowest BCUT2D eigenvalue weighted by Gasteiger charge is -2.24. The molecule has 1 heterocycles. The number of aliphatic hydroxyl groups is 2. The molecule has 0 spiro atoms. The average molecular weight is 449 g/mol. The Morgan fingerprint density at radius 2 is 1.72 bits per heavy atom. The van der Waals surface area contributed by atoms with Gasteiger partial charge in [-0.3, -0.25) is 14.4 Å². The van der Waals surface area contributed by atoms with Gasteiger partial charge in [-0.05, 0) is 37.2 Å². The van der Waals surface area contributed by atoms with Crippen LogP contribution in [0, 0.1) is 5.92 Å². The van der Waals surface area contributed by atoms with Crippen molar-refractivity contribution in [2.75, 3.05) is 19.8 Å². The normalized spacial score (nSPS) is 19.3. The molecule has 2 rings (SSSR count). The summed E-state index contributed by atoms with van der Waals surface area (Å²) in [6.45, 7) is 2.93. The van der Waals surface area contributed by atoms with Crippen molar-refractivity contribution in [2.24, 2.45) is 5.92 Å². The second kappa shape index (κ2) is 12.7. The minimum Gasteiger partial charge on any atom is -0.394 e. The number of amides is 2. The Balaban J connectivity index is 1.78. The fraction of sp³-hybridized carbons (Fsp3) is 0.625. The number of ether oxygens (including phenoxy) is 1. The molecule has 4 N–H and O–H groups in total. The third kappa shape index (κ3) is 8.00. The fourth-order valence-electron chi connectivity index (χ4n) is 3.59. The Morgan fingerprint density at radius 3 is 2.28 bits per heavy atom. The Morgan fingerprint density at radius 1 is 1.03 bits per heavy atom. The maximum atomic E-state index is 12.7. The van der Waals surface area contributed by atoms with E-state index in [0.29, 0.717) is 12.8 Å². The zero-order valence-corrected chi connectivity index (χ0v) is 19.0. The van der Waals surface area contributed by atoms with Crippen LogP contribution in [0.15, 0.2) is 30.3 Å². The first-order chi connectivity index (χ1) is 15.3. The molecule has 0 aromatic heterocycles. The summed E-state index contributed by atoms with van der Waals surface area (Å²) in [6, 6.07) is 8.14. The lowest BCUT2D eigenvalue weighted by atomic mass is 9.92. The fourth-order valence-corrected chi connectivity index (χ4v) is 3.59. The van der Waals surface area contributed by atoms with Crippen molar-refractivity contribution in [1.29, 1.82) is 0 Å². The Bertz CT molecular complexity index is 748. The van der Waals surface area contributed by atoms with Crippen LogP contribution in [0.5, 0.6) is 0 Å². The number of rotatable bonds is 15. The third-order valence-corrected chi connectivity index (χ3v) is 5.58. The van der Waals surface area contributed by atoms with Crippen molar-refractivity contribution in [3.63, 3.8) is 0 Å². The molecular formula is C24H36N2O6. The van der Waals surface area contributed by atoms with Gasteiger partial charge in [0.15, 0.2) is 11.4 Å². The number of carbonyl (C=O) groups excluding carboxylic acids is 3. The molecule has 0 aliphatic carbocycles. The van der Waals surface area contributed by atoms with Crippen molar-refractivity contribution in [2.45, 2.75) is 70.1 Å². The molecule has 1 saturated heterocycles. The molecule has 178 valence electrons. The summed E-state index contributed by atoms with van der Waals surface area (Å²) < 4.78 is 5.12. The summed E-state index contributed by atoms with van der Waals surface area (Å²) in [7, 11) is 0. The van der Waals surface area contributed by atoms with Gasteiger partial charge in [0, 0.05) is 6.42 Å².